The zero-order valence-corrected chi connectivity index (χ0v) is 8.46. The lowest BCUT2D eigenvalue weighted by Crippen LogP contribution is -2.22. The van der Waals surface area contributed by atoms with Crippen LogP contribution in [0.25, 0.3) is 0 Å². The van der Waals surface area contributed by atoms with Crippen molar-refractivity contribution in [2.24, 2.45) is 0 Å². The second-order valence-corrected chi connectivity index (χ2v) is 3.78. The molecule has 1 amide bonds. The van der Waals surface area contributed by atoms with Gasteiger partial charge in [0.15, 0.2) is 11.6 Å². The van der Waals surface area contributed by atoms with Gasteiger partial charge < -0.3 is 10.0 Å². The van der Waals surface area contributed by atoms with E-state index >= 15 is 0 Å². The Labute approximate surface area is 87.2 Å². The van der Waals surface area contributed by atoms with Crippen LogP contribution in [-0.4, -0.2) is 29.5 Å². The molecule has 80 valence electrons. The minimum atomic E-state index is -0.796. The number of halogens is 1. The van der Waals surface area contributed by atoms with Gasteiger partial charge in [0, 0.05) is 13.6 Å². The molecule has 0 radical (unpaired) electrons. The monoisotopic (exact) mass is 209 g/mol. The van der Waals surface area contributed by atoms with E-state index in [1.165, 1.54) is 11.0 Å². The molecule has 3 nitrogen and oxygen atoms in total. The number of hydrogen-bond donors (Lipinski definition) is 1. The first-order valence-corrected chi connectivity index (χ1v) is 4.84. The van der Waals surface area contributed by atoms with E-state index < -0.39 is 11.6 Å². The van der Waals surface area contributed by atoms with E-state index in [4.69, 9.17) is 0 Å². The third-order valence-electron chi connectivity index (χ3n) is 2.68. The van der Waals surface area contributed by atoms with Crippen molar-refractivity contribution in [3.63, 3.8) is 0 Å². The highest BCUT2D eigenvalue weighted by atomic mass is 19.1. The van der Waals surface area contributed by atoms with Gasteiger partial charge in [-0.3, -0.25) is 4.79 Å². The second-order valence-electron chi connectivity index (χ2n) is 3.78. The van der Waals surface area contributed by atoms with E-state index in [0.29, 0.717) is 13.0 Å². The summed E-state index contributed by atoms with van der Waals surface area (Å²) >= 11 is 0. The molecule has 0 aromatic rings. The van der Waals surface area contributed by atoms with E-state index in [1.54, 1.807) is 13.1 Å². The molecule has 0 aromatic carbocycles. The molecule has 0 unspecified atom stereocenters. The topological polar surface area (TPSA) is 40.5 Å². The van der Waals surface area contributed by atoms with Crippen LogP contribution < -0.4 is 0 Å². The number of carbonyl (C=O) groups is 1. The van der Waals surface area contributed by atoms with Crippen LogP contribution in [0.2, 0.25) is 0 Å². The van der Waals surface area contributed by atoms with Crippen molar-refractivity contribution in [1.29, 1.82) is 0 Å². The van der Waals surface area contributed by atoms with Crippen molar-refractivity contribution >= 4 is 5.91 Å². The van der Waals surface area contributed by atoms with Gasteiger partial charge in [0.2, 0.25) is 0 Å². The third kappa shape index (κ3) is 1.56. The number of hydrogen-bond acceptors (Lipinski definition) is 2. The zero-order chi connectivity index (χ0) is 11.0. The highest BCUT2D eigenvalue weighted by molar-refractivity contribution is 6.00. The summed E-state index contributed by atoms with van der Waals surface area (Å²) in [5.41, 5.74) is 0.829. The molecule has 0 saturated heterocycles. The predicted molar refractivity (Wildman–Crippen MR) is 53.8 cm³/mol. The fraction of sp³-hybridized carbons (Fsp3) is 0.364. The molecular formula is C11H12FNO2. The standard InChI is InChI=1S/C11H12FNO2/c1-13-6-7-4-2-3-5-8(14)10(12)9(7)11(13)15/h3,5,14H,2,4,6H2,1H3/b5-3-,10-8-. The van der Waals surface area contributed by atoms with Gasteiger partial charge in [-0.2, -0.15) is 0 Å². The molecule has 1 N–H and O–H groups in total. The lowest BCUT2D eigenvalue weighted by Gasteiger charge is -2.07. The summed E-state index contributed by atoms with van der Waals surface area (Å²) in [5, 5.41) is 9.35. The maximum Gasteiger partial charge on any atom is 0.257 e. The first kappa shape index (κ1) is 9.96. The highest BCUT2D eigenvalue weighted by Crippen LogP contribution is 2.31. The summed E-state index contributed by atoms with van der Waals surface area (Å²) in [7, 11) is 1.63. The van der Waals surface area contributed by atoms with Gasteiger partial charge in [0.1, 0.15) is 0 Å². The maximum absolute atomic E-state index is 13.7. The number of allylic oxidation sites excluding steroid dienone is 2. The van der Waals surface area contributed by atoms with Gasteiger partial charge in [0.05, 0.1) is 5.57 Å². The fourth-order valence-corrected chi connectivity index (χ4v) is 1.89. The lowest BCUT2D eigenvalue weighted by atomic mass is 10.0. The predicted octanol–water partition coefficient (Wildman–Crippen LogP) is 1.84. The Hall–Kier alpha value is -1.58. The number of nitrogens with zero attached hydrogens (tertiary/aromatic N) is 1. The molecule has 1 aliphatic carbocycles. The highest BCUT2D eigenvalue weighted by Gasteiger charge is 2.31. The second kappa shape index (κ2) is 3.53. The Morgan fingerprint density at radius 2 is 2.27 bits per heavy atom. The van der Waals surface area contributed by atoms with E-state index in [1.807, 2.05) is 0 Å². The largest absolute Gasteiger partial charge is 0.505 e. The Kier molecular flexibility index (Phi) is 2.34. The van der Waals surface area contributed by atoms with Crippen LogP contribution in [0.15, 0.2) is 34.9 Å². The van der Waals surface area contributed by atoms with Gasteiger partial charge >= 0.3 is 0 Å². The molecule has 2 rings (SSSR count). The van der Waals surface area contributed by atoms with Crippen LogP contribution in [0.1, 0.15) is 12.8 Å². The summed E-state index contributed by atoms with van der Waals surface area (Å²) < 4.78 is 13.7. The zero-order valence-electron chi connectivity index (χ0n) is 8.46. The van der Waals surface area contributed by atoms with Crippen LogP contribution >= 0.6 is 0 Å². The van der Waals surface area contributed by atoms with Crippen LogP contribution in [0, 0.1) is 0 Å². The molecule has 0 atom stereocenters. The van der Waals surface area contributed by atoms with Crippen LogP contribution in [-0.2, 0) is 4.79 Å². The van der Waals surface area contributed by atoms with Crippen molar-refractivity contribution in [3.05, 3.63) is 34.9 Å². The minimum Gasteiger partial charge on any atom is -0.505 e. The van der Waals surface area contributed by atoms with Crippen molar-refractivity contribution in [2.45, 2.75) is 12.8 Å². The summed E-state index contributed by atoms with van der Waals surface area (Å²) in [6.07, 6.45) is 4.41. The smallest absolute Gasteiger partial charge is 0.257 e. The number of aliphatic hydroxyl groups excluding tert-OH is 1. The summed E-state index contributed by atoms with van der Waals surface area (Å²) in [4.78, 5) is 13.1. The SMILES string of the molecule is CN1CC2=C(C1=O)/C(F)=C(O)\C=C/CC2. The Morgan fingerprint density at radius 3 is 3.00 bits per heavy atom. The number of carbonyl (C=O) groups excluding carboxylic acids is 1. The summed E-state index contributed by atoms with van der Waals surface area (Å²) in [6.45, 7) is 0.461. The molecule has 2 aliphatic rings. The number of likely N-dealkylation sites (N-methyl/N-ethyl adjacent to an activating group) is 1. The third-order valence-corrected chi connectivity index (χ3v) is 2.68. The lowest BCUT2D eigenvalue weighted by molar-refractivity contribution is -0.124. The van der Waals surface area contributed by atoms with Crippen molar-refractivity contribution < 1.29 is 14.3 Å². The quantitative estimate of drug-likeness (QED) is 0.661. The number of amides is 1. The normalized spacial score (nSPS) is 28.9. The van der Waals surface area contributed by atoms with Gasteiger partial charge in [-0.05, 0) is 24.5 Å². The van der Waals surface area contributed by atoms with Crippen molar-refractivity contribution in [1.82, 2.24) is 4.90 Å². The molecular weight excluding hydrogens is 197 g/mol. The molecule has 0 aromatic heterocycles. The van der Waals surface area contributed by atoms with Gasteiger partial charge in [0.25, 0.3) is 5.91 Å². The van der Waals surface area contributed by atoms with Crippen LogP contribution in [0.4, 0.5) is 4.39 Å². The fourth-order valence-electron chi connectivity index (χ4n) is 1.89. The Morgan fingerprint density at radius 1 is 1.53 bits per heavy atom. The maximum atomic E-state index is 13.7. The molecule has 0 spiro atoms. The molecule has 1 aliphatic heterocycles. The molecule has 0 fully saturated rings. The minimum absolute atomic E-state index is 0.0550. The van der Waals surface area contributed by atoms with Crippen molar-refractivity contribution in [2.75, 3.05) is 13.6 Å². The molecule has 0 bridgehead atoms. The molecule has 0 saturated carbocycles. The van der Waals surface area contributed by atoms with E-state index in [0.717, 1.165) is 12.0 Å². The van der Waals surface area contributed by atoms with E-state index in [-0.39, 0.29) is 11.5 Å². The van der Waals surface area contributed by atoms with E-state index in [2.05, 4.69) is 0 Å². The first-order chi connectivity index (χ1) is 7.11. The Bertz CT molecular complexity index is 407. The molecule has 1 heterocycles. The number of aliphatic hydroxyl groups is 1. The van der Waals surface area contributed by atoms with Gasteiger partial charge in [-0.15, -0.1) is 0 Å². The Balaban J connectivity index is 2.50. The van der Waals surface area contributed by atoms with Gasteiger partial charge in [-0.25, -0.2) is 4.39 Å². The molecule has 15 heavy (non-hydrogen) atoms. The van der Waals surface area contributed by atoms with Crippen LogP contribution in [0.5, 0.6) is 0 Å². The molecule has 4 heteroatoms. The summed E-state index contributed by atoms with van der Waals surface area (Å²) in [5.74, 6) is -1.59. The van der Waals surface area contributed by atoms with E-state index in [9.17, 15) is 14.3 Å². The van der Waals surface area contributed by atoms with Crippen LogP contribution in [0.3, 0.4) is 0 Å². The number of rotatable bonds is 0. The average Bonchev–Trinajstić information content (AvgIpc) is 2.47. The summed E-state index contributed by atoms with van der Waals surface area (Å²) in [6, 6.07) is 0. The van der Waals surface area contributed by atoms with Gasteiger partial charge in [-0.1, -0.05) is 6.08 Å². The van der Waals surface area contributed by atoms with Crippen molar-refractivity contribution in [3.8, 4) is 0 Å². The first-order valence-electron chi connectivity index (χ1n) is 4.84. The average molecular weight is 209 g/mol.